The van der Waals surface area contributed by atoms with Crippen molar-refractivity contribution in [1.82, 2.24) is 4.90 Å². The van der Waals surface area contributed by atoms with Gasteiger partial charge in [-0.3, -0.25) is 4.79 Å². The molecule has 1 aliphatic heterocycles. The first-order chi connectivity index (χ1) is 16.0. The highest BCUT2D eigenvalue weighted by Crippen LogP contribution is 2.28. The molecule has 170 valence electrons. The molecule has 4 rings (SSSR count). The highest BCUT2D eigenvalue weighted by Gasteiger charge is 2.25. The molecule has 0 aliphatic carbocycles. The first-order valence-electron chi connectivity index (χ1n) is 11.3. The summed E-state index contributed by atoms with van der Waals surface area (Å²) in [5.74, 6) is 0.0660. The van der Waals surface area contributed by atoms with Gasteiger partial charge in [0.15, 0.2) is 0 Å². The molecule has 5 nitrogen and oxygen atoms in total. The molecule has 0 aromatic heterocycles. The Hall–Kier alpha value is -3.31. The van der Waals surface area contributed by atoms with Gasteiger partial charge in [0.2, 0.25) is 0 Å². The van der Waals surface area contributed by atoms with Crippen molar-refractivity contribution in [3.05, 3.63) is 94.5 Å². The maximum Gasteiger partial charge on any atom is 0.321 e. The van der Waals surface area contributed by atoms with Crippen molar-refractivity contribution in [2.45, 2.75) is 32.1 Å². The summed E-state index contributed by atoms with van der Waals surface area (Å²) in [4.78, 5) is 27.5. The number of nitrogens with one attached hydrogen (secondary N) is 2. The third-order valence-corrected chi connectivity index (χ3v) is 6.32. The number of piperidine rings is 1. The van der Waals surface area contributed by atoms with E-state index in [9.17, 15) is 9.59 Å². The lowest BCUT2D eigenvalue weighted by molar-refractivity contribution is 0.102. The van der Waals surface area contributed by atoms with Crippen LogP contribution < -0.4 is 10.6 Å². The summed E-state index contributed by atoms with van der Waals surface area (Å²) in [6.07, 6.45) is 2.75. The van der Waals surface area contributed by atoms with E-state index in [0.29, 0.717) is 23.7 Å². The monoisotopic (exact) mass is 461 g/mol. The van der Waals surface area contributed by atoms with Gasteiger partial charge in [-0.15, -0.1) is 0 Å². The number of carbonyl (C=O) groups is 2. The van der Waals surface area contributed by atoms with Gasteiger partial charge in [-0.1, -0.05) is 48.9 Å². The molecule has 3 aromatic rings. The molecule has 0 unspecified atom stereocenters. The number of carbonyl (C=O) groups excluding carboxylic acids is 2. The molecule has 0 bridgehead atoms. The minimum Gasteiger partial charge on any atom is -0.324 e. The predicted molar refractivity (Wildman–Crippen MR) is 134 cm³/mol. The van der Waals surface area contributed by atoms with Gasteiger partial charge in [0.1, 0.15) is 0 Å². The molecule has 1 saturated heterocycles. The van der Waals surface area contributed by atoms with Crippen molar-refractivity contribution in [3.8, 4) is 0 Å². The van der Waals surface area contributed by atoms with E-state index >= 15 is 0 Å². The van der Waals surface area contributed by atoms with Crippen LogP contribution in [0.3, 0.4) is 0 Å². The van der Waals surface area contributed by atoms with Crippen LogP contribution in [0.2, 0.25) is 5.02 Å². The molecule has 6 heteroatoms. The van der Waals surface area contributed by atoms with Crippen LogP contribution in [0.1, 0.15) is 47.2 Å². The number of benzene rings is 3. The Kier molecular flexibility index (Phi) is 7.30. The lowest BCUT2D eigenvalue weighted by atomic mass is 9.89. The number of rotatable bonds is 5. The number of hydrogen-bond donors (Lipinski definition) is 2. The second-order valence-corrected chi connectivity index (χ2v) is 8.75. The average Bonchev–Trinajstić information content (AvgIpc) is 2.86. The molecule has 1 aliphatic rings. The van der Waals surface area contributed by atoms with Crippen molar-refractivity contribution in [2.24, 2.45) is 0 Å². The van der Waals surface area contributed by atoms with Crippen molar-refractivity contribution >= 4 is 34.9 Å². The number of urea groups is 1. The summed E-state index contributed by atoms with van der Waals surface area (Å²) in [6, 6.07) is 22.6. The Balaban J connectivity index is 1.43. The fourth-order valence-electron chi connectivity index (χ4n) is 4.25. The Morgan fingerprint density at radius 1 is 1.00 bits per heavy atom. The zero-order valence-electron chi connectivity index (χ0n) is 18.7. The van der Waals surface area contributed by atoms with E-state index in [1.54, 1.807) is 24.3 Å². The molecule has 2 N–H and O–H groups in total. The Morgan fingerprint density at radius 2 is 1.79 bits per heavy atom. The molecule has 0 radical (unpaired) electrons. The molecule has 1 heterocycles. The topological polar surface area (TPSA) is 61.4 Å². The summed E-state index contributed by atoms with van der Waals surface area (Å²) in [5, 5.41) is 6.62. The Morgan fingerprint density at radius 3 is 2.58 bits per heavy atom. The number of para-hydroxylation sites is 1. The maximum absolute atomic E-state index is 12.9. The summed E-state index contributed by atoms with van der Waals surface area (Å²) in [5.41, 5.74) is 4.38. The second-order valence-electron chi connectivity index (χ2n) is 8.31. The molecular formula is C27H28ClN3O2. The lowest BCUT2D eigenvalue weighted by Crippen LogP contribution is -2.41. The molecule has 0 saturated carbocycles. The van der Waals surface area contributed by atoms with Gasteiger partial charge in [0, 0.05) is 41.0 Å². The van der Waals surface area contributed by atoms with Gasteiger partial charge in [-0.05, 0) is 72.9 Å². The van der Waals surface area contributed by atoms with Crippen LogP contribution in [0.25, 0.3) is 0 Å². The molecule has 33 heavy (non-hydrogen) atoms. The van der Waals surface area contributed by atoms with Gasteiger partial charge in [0.05, 0.1) is 0 Å². The third kappa shape index (κ3) is 5.74. The molecule has 3 aromatic carbocycles. The number of anilines is 2. The van der Waals surface area contributed by atoms with E-state index in [1.807, 2.05) is 53.4 Å². The van der Waals surface area contributed by atoms with Crippen LogP contribution in [0.5, 0.6) is 0 Å². The van der Waals surface area contributed by atoms with Crippen molar-refractivity contribution in [1.29, 1.82) is 0 Å². The van der Waals surface area contributed by atoms with Gasteiger partial charge in [-0.25, -0.2) is 4.79 Å². The molecule has 1 atom stereocenters. The smallest absolute Gasteiger partial charge is 0.321 e. The zero-order valence-corrected chi connectivity index (χ0v) is 19.4. The number of amides is 3. The van der Waals surface area contributed by atoms with Gasteiger partial charge < -0.3 is 15.5 Å². The predicted octanol–water partition coefficient (Wildman–Crippen LogP) is 6.57. The number of likely N-dealkylation sites (tertiary alicyclic amines) is 1. The van der Waals surface area contributed by atoms with Gasteiger partial charge in [-0.2, -0.15) is 0 Å². The third-order valence-electron chi connectivity index (χ3n) is 6.07. The standard InChI is InChI=1S/C27H28ClN3O2/c1-2-19-7-3-4-11-25(19)30-26(32)21-9-5-8-20(17-21)22-10-6-16-31(18-22)27(33)29-24-14-12-23(28)13-15-24/h3-5,7-9,11-15,17,22H,2,6,10,16,18H2,1H3,(H,29,33)(H,30,32)/t22-/m1/s1. The van der Waals surface area contributed by atoms with Crippen LogP contribution in [0, 0.1) is 0 Å². The van der Waals surface area contributed by atoms with Crippen molar-refractivity contribution < 1.29 is 9.59 Å². The minimum atomic E-state index is -0.120. The minimum absolute atomic E-state index is 0.118. The van der Waals surface area contributed by atoms with Crippen LogP contribution in [-0.4, -0.2) is 29.9 Å². The van der Waals surface area contributed by atoms with E-state index in [4.69, 9.17) is 11.6 Å². The maximum atomic E-state index is 12.9. The number of hydrogen-bond acceptors (Lipinski definition) is 2. The van der Waals surface area contributed by atoms with E-state index in [2.05, 4.69) is 17.6 Å². The highest BCUT2D eigenvalue weighted by molar-refractivity contribution is 6.30. The normalized spacial score (nSPS) is 15.7. The average molecular weight is 462 g/mol. The molecule has 0 spiro atoms. The Bertz CT molecular complexity index is 1130. The van der Waals surface area contributed by atoms with Crippen LogP contribution in [-0.2, 0) is 6.42 Å². The summed E-state index contributed by atoms with van der Waals surface area (Å²) >= 11 is 5.93. The largest absolute Gasteiger partial charge is 0.324 e. The summed E-state index contributed by atoms with van der Waals surface area (Å²) < 4.78 is 0. The van der Waals surface area contributed by atoms with E-state index in [0.717, 1.165) is 41.8 Å². The van der Waals surface area contributed by atoms with Crippen molar-refractivity contribution in [2.75, 3.05) is 23.7 Å². The highest BCUT2D eigenvalue weighted by atomic mass is 35.5. The molecular weight excluding hydrogens is 434 g/mol. The fourth-order valence-corrected chi connectivity index (χ4v) is 4.37. The van der Waals surface area contributed by atoms with Crippen LogP contribution in [0.15, 0.2) is 72.8 Å². The van der Waals surface area contributed by atoms with E-state index in [-0.39, 0.29) is 17.9 Å². The SMILES string of the molecule is CCc1ccccc1NC(=O)c1cccc([C@@H]2CCCN(C(=O)Nc3ccc(Cl)cc3)C2)c1. The van der Waals surface area contributed by atoms with Gasteiger partial charge >= 0.3 is 6.03 Å². The quantitative estimate of drug-likeness (QED) is 0.451. The van der Waals surface area contributed by atoms with Gasteiger partial charge in [0.25, 0.3) is 5.91 Å². The summed E-state index contributed by atoms with van der Waals surface area (Å²) in [7, 11) is 0. The van der Waals surface area contributed by atoms with E-state index < -0.39 is 0 Å². The Labute approximate surface area is 199 Å². The number of nitrogens with zero attached hydrogens (tertiary/aromatic N) is 1. The first-order valence-corrected chi connectivity index (χ1v) is 11.7. The first kappa shape index (κ1) is 22.9. The fraction of sp³-hybridized carbons (Fsp3) is 0.259. The zero-order chi connectivity index (χ0) is 23.2. The molecule has 3 amide bonds. The number of aryl methyl sites for hydroxylation is 1. The van der Waals surface area contributed by atoms with E-state index in [1.165, 1.54) is 0 Å². The van der Waals surface area contributed by atoms with Crippen molar-refractivity contribution in [3.63, 3.8) is 0 Å². The molecule has 1 fully saturated rings. The lowest BCUT2D eigenvalue weighted by Gasteiger charge is -2.33. The summed E-state index contributed by atoms with van der Waals surface area (Å²) in [6.45, 7) is 3.40. The van der Waals surface area contributed by atoms with Crippen LogP contribution >= 0.6 is 11.6 Å². The van der Waals surface area contributed by atoms with Crippen LogP contribution in [0.4, 0.5) is 16.2 Å². The number of halogens is 1. The second kappa shape index (κ2) is 10.5.